The minimum Gasteiger partial charge on any atom is -0.460 e. The Hall–Kier alpha value is -1.06. The molecule has 1 amide bonds. The van der Waals surface area contributed by atoms with Gasteiger partial charge >= 0.3 is 5.97 Å². The summed E-state index contributed by atoms with van der Waals surface area (Å²) in [7, 11) is 0. The maximum atomic E-state index is 11.8. The van der Waals surface area contributed by atoms with Crippen molar-refractivity contribution in [3.63, 3.8) is 0 Å². The minimum absolute atomic E-state index is 0.0131. The lowest BCUT2D eigenvalue weighted by atomic mass is 9.99. The number of ether oxygens (including phenoxy) is 1. The van der Waals surface area contributed by atoms with Gasteiger partial charge in [0.1, 0.15) is 5.60 Å². The van der Waals surface area contributed by atoms with E-state index in [0.29, 0.717) is 0 Å². The van der Waals surface area contributed by atoms with Gasteiger partial charge in [-0.2, -0.15) is 0 Å². The molecule has 0 aromatic rings. The third-order valence-electron chi connectivity index (χ3n) is 2.78. The van der Waals surface area contributed by atoms with Gasteiger partial charge < -0.3 is 10.1 Å². The van der Waals surface area contributed by atoms with Gasteiger partial charge in [0.25, 0.3) is 0 Å². The van der Waals surface area contributed by atoms with Crippen molar-refractivity contribution in [2.24, 2.45) is 5.92 Å². The fraction of sp³-hybridized carbons (Fsp3) is 0.846. The van der Waals surface area contributed by atoms with E-state index in [4.69, 9.17) is 4.74 Å². The molecule has 1 aliphatic heterocycles. The van der Waals surface area contributed by atoms with E-state index in [9.17, 15) is 9.59 Å². The Morgan fingerprint density at radius 3 is 2.65 bits per heavy atom. The largest absolute Gasteiger partial charge is 0.460 e. The van der Waals surface area contributed by atoms with Crippen molar-refractivity contribution in [2.75, 3.05) is 0 Å². The molecule has 98 valence electrons. The highest BCUT2D eigenvalue weighted by molar-refractivity contribution is 5.84. The summed E-state index contributed by atoms with van der Waals surface area (Å²) in [5.74, 6) is -0.525. The van der Waals surface area contributed by atoms with Crippen LogP contribution >= 0.6 is 0 Å². The van der Waals surface area contributed by atoms with Gasteiger partial charge in [-0.1, -0.05) is 6.42 Å². The van der Waals surface area contributed by atoms with Gasteiger partial charge in [0, 0.05) is 12.0 Å². The van der Waals surface area contributed by atoms with Gasteiger partial charge in [0.2, 0.25) is 5.91 Å². The Morgan fingerprint density at radius 1 is 1.41 bits per heavy atom. The quantitative estimate of drug-likeness (QED) is 0.752. The first-order chi connectivity index (χ1) is 7.78. The van der Waals surface area contributed by atoms with E-state index in [1.165, 1.54) is 0 Å². The van der Waals surface area contributed by atoms with E-state index >= 15 is 0 Å². The highest BCUT2D eigenvalue weighted by Gasteiger charge is 2.27. The van der Waals surface area contributed by atoms with Gasteiger partial charge in [-0.15, -0.1) is 0 Å². The van der Waals surface area contributed by atoms with Crippen LogP contribution in [0.2, 0.25) is 0 Å². The highest BCUT2D eigenvalue weighted by atomic mass is 16.6. The molecule has 0 aromatic carbocycles. The van der Waals surface area contributed by atoms with E-state index in [0.717, 1.165) is 19.3 Å². The summed E-state index contributed by atoms with van der Waals surface area (Å²) in [6.07, 6.45) is 2.93. The van der Waals surface area contributed by atoms with Crippen LogP contribution in [0.15, 0.2) is 0 Å². The SMILES string of the molecule is C[C@@H]1CCC[C@H](CC(=O)OC(C)(C)C)C(=O)N1. The number of carbonyl (C=O) groups excluding carboxylic acids is 2. The molecule has 0 saturated carbocycles. The molecule has 1 N–H and O–H groups in total. The third kappa shape index (κ3) is 5.20. The molecule has 4 heteroatoms. The molecule has 0 radical (unpaired) electrons. The Labute approximate surface area is 103 Å². The summed E-state index contributed by atoms with van der Waals surface area (Å²) >= 11 is 0. The first kappa shape index (κ1) is 14.0. The normalized spacial score (nSPS) is 26.0. The number of rotatable bonds is 2. The van der Waals surface area contributed by atoms with Crippen molar-refractivity contribution < 1.29 is 14.3 Å². The molecular weight excluding hydrogens is 218 g/mol. The molecule has 4 nitrogen and oxygen atoms in total. The third-order valence-corrected chi connectivity index (χ3v) is 2.78. The van der Waals surface area contributed by atoms with Crippen LogP contribution in [-0.2, 0) is 14.3 Å². The fourth-order valence-corrected chi connectivity index (χ4v) is 2.01. The molecule has 1 fully saturated rings. The first-order valence-electron chi connectivity index (χ1n) is 6.30. The average Bonchev–Trinajstić information content (AvgIpc) is 2.25. The van der Waals surface area contributed by atoms with E-state index in [-0.39, 0.29) is 30.3 Å². The first-order valence-corrected chi connectivity index (χ1v) is 6.30. The molecule has 1 heterocycles. The van der Waals surface area contributed by atoms with E-state index in [1.54, 1.807) is 0 Å². The van der Waals surface area contributed by atoms with Crippen LogP contribution in [0, 0.1) is 5.92 Å². The van der Waals surface area contributed by atoms with Crippen LogP contribution in [0.25, 0.3) is 0 Å². The van der Waals surface area contributed by atoms with Crippen molar-refractivity contribution in [3.8, 4) is 0 Å². The zero-order valence-corrected chi connectivity index (χ0v) is 11.2. The molecule has 2 atom stereocenters. The number of hydrogen-bond donors (Lipinski definition) is 1. The zero-order chi connectivity index (χ0) is 13.1. The van der Waals surface area contributed by atoms with Crippen LogP contribution in [-0.4, -0.2) is 23.5 Å². The van der Waals surface area contributed by atoms with Crippen LogP contribution < -0.4 is 5.32 Å². The smallest absolute Gasteiger partial charge is 0.307 e. The molecule has 1 saturated heterocycles. The van der Waals surface area contributed by atoms with Crippen LogP contribution in [0.3, 0.4) is 0 Å². The van der Waals surface area contributed by atoms with E-state index in [2.05, 4.69) is 5.32 Å². The molecule has 0 unspecified atom stereocenters. The van der Waals surface area contributed by atoms with Gasteiger partial charge in [0.05, 0.1) is 6.42 Å². The molecule has 0 spiro atoms. The summed E-state index contributed by atoms with van der Waals surface area (Å²) in [6.45, 7) is 7.49. The Kier molecular flexibility index (Phi) is 4.54. The molecule has 17 heavy (non-hydrogen) atoms. The molecule has 0 bridgehead atoms. The van der Waals surface area contributed by atoms with Crippen LogP contribution in [0.4, 0.5) is 0 Å². The van der Waals surface area contributed by atoms with E-state index in [1.807, 2.05) is 27.7 Å². The summed E-state index contributed by atoms with van der Waals surface area (Å²) in [4.78, 5) is 23.5. The van der Waals surface area contributed by atoms with Crippen LogP contribution in [0.5, 0.6) is 0 Å². The second kappa shape index (κ2) is 5.52. The van der Waals surface area contributed by atoms with E-state index < -0.39 is 5.60 Å². The lowest BCUT2D eigenvalue weighted by molar-refractivity contribution is -0.157. The summed E-state index contributed by atoms with van der Waals surface area (Å²) in [6, 6.07) is 0.214. The Morgan fingerprint density at radius 2 is 2.06 bits per heavy atom. The van der Waals surface area contributed by atoms with Crippen molar-refractivity contribution in [2.45, 2.75) is 65.0 Å². The number of amides is 1. The monoisotopic (exact) mass is 241 g/mol. The summed E-state index contributed by atoms with van der Waals surface area (Å²) in [5.41, 5.74) is -0.481. The molecule has 1 rings (SSSR count). The molecular formula is C13H23NO3. The van der Waals surface area contributed by atoms with Gasteiger partial charge in [-0.05, 0) is 40.5 Å². The Bertz CT molecular complexity index is 294. The van der Waals surface area contributed by atoms with Gasteiger partial charge in [0.15, 0.2) is 0 Å². The molecule has 1 aliphatic rings. The Balaban J connectivity index is 2.50. The standard InChI is InChI=1S/C13H23NO3/c1-9-6-5-7-10(12(16)14-9)8-11(15)17-13(2,3)4/h9-10H,5-8H2,1-4H3,(H,14,16)/t9-,10-/m1/s1. The predicted octanol–water partition coefficient (Wildman–Crippen LogP) is 2.02. The maximum absolute atomic E-state index is 11.8. The van der Waals surface area contributed by atoms with Crippen molar-refractivity contribution in [1.82, 2.24) is 5.32 Å². The second-order valence-corrected chi connectivity index (χ2v) is 5.83. The highest BCUT2D eigenvalue weighted by Crippen LogP contribution is 2.20. The number of nitrogens with one attached hydrogen (secondary N) is 1. The lowest BCUT2D eigenvalue weighted by Crippen LogP contribution is -2.36. The van der Waals surface area contributed by atoms with Gasteiger partial charge in [-0.3, -0.25) is 9.59 Å². The second-order valence-electron chi connectivity index (χ2n) is 5.83. The minimum atomic E-state index is -0.481. The predicted molar refractivity (Wildman–Crippen MR) is 65.4 cm³/mol. The number of carbonyl (C=O) groups is 2. The molecule has 0 aliphatic carbocycles. The topological polar surface area (TPSA) is 55.4 Å². The maximum Gasteiger partial charge on any atom is 0.307 e. The van der Waals surface area contributed by atoms with Crippen molar-refractivity contribution in [3.05, 3.63) is 0 Å². The number of esters is 1. The van der Waals surface area contributed by atoms with Gasteiger partial charge in [-0.25, -0.2) is 0 Å². The fourth-order valence-electron chi connectivity index (χ4n) is 2.01. The van der Waals surface area contributed by atoms with Crippen molar-refractivity contribution >= 4 is 11.9 Å². The summed E-state index contributed by atoms with van der Waals surface area (Å²) < 4.78 is 5.24. The molecule has 0 aromatic heterocycles. The number of hydrogen-bond acceptors (Lipinski definition) is 3. The van der Waals surface area contributed by atoms with Crippen molar-refractivity contribution in [1.29, 1.82) is 0 Å². The average molecular weight is 241 g/mol. The summed E-state index contributed by atoms with van der Waals surface area (Å²) in [5, 5.41) is 2.91. The lowest BCUT2D eigenvalue weighted by Gasteiger charge is -2.21. The zero-order valence-electron chi connectivity index (χ0n) is 11.2. The van der Waals surface area contributed by atoms with Crippen LogP contribution in [0.1, 0.15) is 53.4 Å².